The lowest BCUT2D eigenvalue weighted by atomic mass is 9.88. The van der Waals surface area contributed by atoms with Crippen molar-refractivity contribution in [2.45, 2.75) is 18.3 Å². The molecule has 25 heavy (non-hydrogen) atoms. The van der Waals surface area contributed by atoms with Crippen LogP contribution >= 0.6 is 0 Å². The van der Waals surface area contributed by atoms with Crippen molar-refractivity contribution < 1.29 is 17.7 Å². The molecule has 0 radical (unpaired) electrons. The second-order valence-electron chi connectivity index (χ2n) is 6.76. The minimum atomic E-state index is -3.08. The van der Waals surface area contributed by atoms with Crippen molar-refractivity contribution in [2.24, 2.45) is 5.92 Å². The molecule has 0 bridgehead atoms. The average Bonchev–Trinajstić information content (AvgIpc) is 3.33. The zero-order valence-corrected chi connectivity index (χ0v) is 14.4. The summed E-state index contributed by atoms with van der Waals surface area (Å²) in [5, 5.41) is 3.97. The van der Waals surface area contributed by atoms with Gasteiger partial charge in [-0.1, -0.05) is 35.5 Å². The van der Waals surface area contributed by atoms with Crippen molar-refractivity contribution in [3.63, 3.8) is 0 Å². The van der Waals surface area contributed by atoms with Crippen molar-refractivity contribution >= 4 is 15.7 Å². The molecule has 132 valence electrons. The van der Waals surface area contributed by atoms with Crippen LogP contribution in [-0.4, -0.2) is 54.0 Å². The van der Waals surface area contributed by atoms with Gasteiger partial charge < -0.3 is 9.42 Å². The van der Waals surface area contributed by atoms with Gasteiger partial charge >= 0.3 is 0 Å². The molecule has 2 saturated heterocycles. The Balaban J connectivity index is 1.58. The molecular formula is C17H19N3O4S. The summed E-state index contributed by atoms with van der Waals surface area (Å²) in [6.45, 7) is 1.02. The normalized spacial score (nSPS) is 28.3. The van der Waals surface area contributed by atoms with Gasteiger partial charge in [-0.25, -0.2) is 8.42 Å². The Morgan fingerprint density at radius 1 is 1.16 bits per heavy atom. The highest BCUT2D eigenvalue weighted by Crippen LogP contribution is 2.39. The summed E-state index contributed by atoms with van der Waals surface area (Å²) < 4.78 is 28.3. The maximum absolute atomic E-state index is 12.8. The Bertz CT molecular complexity index is 851. The molecule has 1 aromatic carbocycles. The number of aromatic nitrogens is 2. The largest absolute Gasteiger partial charge is 0.343 e. The lowest BCUT2D eigenvalue weighted by Crippen LogP contribution is -2.35. The lowest BCUT2D eigenvalue weighted by Gasteiger charge is -2.19. The first-order valence-corrected chi connectivity index (χ1v) is 10.2. The first-order valence-electron chi connectivity index (χ1n) is 8.34. The minimum absolute atomic E-state index is 0.0365. The molecule has 1 amide bonds. The minimum Gasteiger partial charge on any atom is -0.343 e. The van der Waals surface area contributed by atoms with E-state index in [2.05, 4.69) is 10.1 Å². The van der Waals surface area contributed by atoms with E-state index in [0.29, 0.717) is 25.3 Å². The maximum Gasteiger partial charge on any atom is 0.226 e. The number of rotatable bonds is 3. The van der Waals surface area contributed by atoms with Crippen molar-refractivity contribution in [1.29, 1.82) is 0 Å². The number of hydrogen-bond acceptors (Lipinski definition) is 6. The number of carbonyl (C=O) groups excluding carboxylic acids is 1. The Morgan fingerprint density at radius 3 is 2.56 bits per heavy atom. The molecule has 2 aliphatic heterocycles. The number of nitrogens with zero attached hydrogens (tertiary/aromatic N) is 3. The number of sulfone groups is 1. The van der Waals surface area contributed by atoms with E-state index < -0.39 is 15.8 Å². The first-order chi connectivity index (χ1) is 12.0. The Labute approximate surface area is 145 Å². The molecule has 1 aromatic heterocycles. The monoisotopic (exact) mass is 361 g/mol. The van der Waals surface area contributed by atoms with E-state index >= 15 is 0 Å². The molecule has 0 spiro atoms. The zero-order valence-electron chi connectivity index (χ0n) is 13.6. The summed E-state index contributed by atoms with van der Waals surface area (Å²) in [4.78, 5) is 18.8. The molecule has 0 aliphatic carbocycles. The first kappa shape index (κ1) is 16.3. The third kappa shape index (κ3) is 3.18. The van der Waals surface area contributed by atoms with Crippen LogP contribution in [0.1, 0.15) is 29.6 Å². The van der Waals surface area contributed by atoms with Crippen molar-refractivity contribution in [1.82, 2.24) is 15.0 Å². The summed E-state index contributed by atoms with van der Waals surface area (Å²) in [6.07, 6.45) is 1.71. The smallest absolute Gasteiger partial charge is 0.226 e. The van der Waals surface area contributed by atoms with Crippen LogP contribution in [0.15, 0.2) is 41.2 Å². The number of likely N-dealkylation sites (tertiary alicyclic amines) is 1. The molecule has 2 aromatic rings. The van der Waals surface area contributed by atoms with Gasteiger partial charge in [-0.2, -0.15) is 4.98 Å². The molecule has 2 fully saturated rings. The van der Waals surface area contributed by atoms with E-state index in [-0.39, 0.29) is 29.2 Å². The molecule has 3 atom stereocenters. The summed E-state index contributed by atoms with van der Waals surface area (Å²) in [6, 6.07) is 9.96. The Morgan fingerprint density at radius 2 is 1.92 bits per heavy atom. The predicted molar refractivity (Wildman–Crippen MR) is 89.6 cm³/mol. The molecule has 0 unspecified atom stereocenters. The van der Waals surface area contributed by atoms with Crippen LogP contribution in [0.3, 0.4) is 0 Å². The van der Waals surface area contributed by atoms with Gasteiger partial charge in [-0.3, -0.25) is 4.79 Å². The lowest BCUT2D eigenvalue weighted by molar-refractivity contribution is -0.133. The van der Waals surface area contributed by atoms with E-state index in [1.54, 1.807) is 4.90 Å². The third-order valence-electron chi connectivity index (χ3n) is 5.15. The van der Waals surface area contributed by atoms with Gasteiger partial charge in [-0.05, 0) is 12.0 Å². The van der Waals surface area contributed by atoms with Crippen LogP contribution in [0.2, 0.25) is 0 Å². The fourth-order valence-corrected chi connectivity index (χ4v) is 5.61. The molecule has 7 nitrogen and oxygen atoms in total. The van der Waals surface area contributed by atoms with Gasteiger partial charge in [0.25, 0.3) is 0 Å². The molecule has 0 N–H and O–H groups in total. The molecule has 2 aliphatic rings. The van der Waals surface area contributed by atoms with Crippen LogP contribution in [0.4, 0.5) is 0 Å². The van der Waals surface area contributed by atoms with Crippen LogP contribution in [0.5, 0.6) is 0 Å². The summed E-state index contributed by atoms with van der Waals surface area (Å²) >= 11 is 0. The van der Waals surface area contributed by atoms with Gasteiger partial charge in [0.1, 0.15) is 0 Å². The van der Waals surface area contributed by atoms with Gasteiger partial charge in [0.2, 0.25) is 12.3 Å². The molecule has 3 heterocycles. The van der Waals surface area contributed by atoms with Crippen LogP contribution in [0, 0.1) is 5.92 Å². The Hall–Kier alpha value is -2.22. The molecule has 4 rings (SSSR count). The van der Waals surface area contributed by atoms with E-state index in [4.69, 9.17) is 4.52 Å². The van der Waals surface area contributed by atoms with E-state index in [0.717, 1.165) is 5.56 Å². The van der Waals surface area contributed by atoms with Crippen LogP contribution in [0.25, 0.3) is 0 Å². The third-order valence-corrected chi connectivity index (χ3v) is 6.92. The fraction of sp³-hybridized carbons (Fsp3) is 0.471. The van der Waals surface area contributed by atoms with Crippen LogP contribution < -0.4 is 0 Å². The van der Waals surface area contributed by atoms with Crippen molar-refractivity contribution in [3.05, 3.63) is 48.1 Å². The zero-order chi connectivity index (χ0) is 17.4. The summed E-state index contributed by atoms with van der Waals surface area (Å²) in [7, 11) is -3.08. The number of amides is 1. The summed E-state index contributed by atoms with van der Waals surface area (Å²) in [5.41, 5.74) is 1.12. The summed E-state index contributed by atoms with van der Waals surface area (Å²) in [5.74, 6) is 0.171. The van der Waals surface area contributed by atoms with Gasteiger partial charge in [0.05, 0.1) is 17.4 Å². The van der Waals surface area contributed by atoms with E-state index in [9.17, 15) is 13.2 Å². The van der Waals surface area contributed by atoms with E-state index in [1.807, 2.05) is 30.3 Å². The Kier molecular flexibility index (Phi) is 4.07. The van der Waals surface area contributed by atoms with Gasteiger partial charge in [0.15, 0.2) is 15.7 Å². The predicted octanol–water partition coefficient (Wildman–Crippen LogP) is 1.21. The SMILES string of the molecule is O=C([C@@H]1CCS(=O)(=O)C1)N1C[C@H](c2ccccc2)[C@H](c2ncon2)C1. The van der Waals surface area contributed by atoms with Gasteiger partial charge in [0, 0.05) is 24.9 Å². The van der Waals surface area contributed by atoms with E-state index in [1.165, 1.54) is 6.39 Å². The second-order valence-corrected chi connectivity index (χ2v) is 8.98. The number of carbonyl (C=O) groups is 1. The highest BCUT2D eigenvalue weighted by Gasteiger charge is 2.43. The highest BCUT2D eigenvalue weighted by atomic mass is 32.2. The van der Waals surface area contributed by atoms with Crippen LogP contribution in [-0.2, 0) is 14.6 Å². The standard InChI is InChI=1S/C17H19N3O4S/c21-17(13-6-7-25(22,23)10-13)20-8-14(12-4-2-1-3-5-12)15(9-20)16-18-11-24-19-16/h1-5,11,13-15H,6-10H2/t13-,14-,15-/m1/s1. The fourth-order valence-electron chi connectivity index (χ4n) is 3.87. The number of benzene rings is 1. The van der Waals surface area contributed by atoms with Crippen molar-refractivity contribution in [2.75, 3.05) is 24.6 Å². The molecule has 8 heteroatoms. The second kappa shape index (κ2) is 6.25. The molecular weight excluding hydrogens is 342 g/mol. The maximum atomic E-state index is 12.8. The topological polar surface area (TPSA) is 93.4 Å². The average molecular weight is 361 g/mol. The highest BCUT2D eigenvalue weighted by molar-refractivity contribution is 7.91. The van der Waals surface area contributed by atoms with Crippen molar-refractivity contribution in [3.8, 4) is 0 Å². The quantitative estimate of drug-likeness (QED) is 0.816. The number of hydrogen-bond donors (Lipinski definition) is 0. The van der Waals surface area contributed by atoms with Gasteiger partial charge in [-0.15, -0.1) is 0 Å². The molecule has 0 saturated carbocycles.